The zero-order valence-corrected chi connectivity index (χ0v) is 16.4. The molecule has 4 aromatic rings. The van der Waals surface area contributed by atoms with Crippen molar-refractivity contribution in [3.63, 3.8) is 0 Å². The average molecular weight is 434 g/mol. The Morgan fingerprint density at radius 3 is 2.74 bits per heavy atom. The number of nitro groups is 1. The minimum atomic E-state index is -0.648. The molecule has 0 saturated heterocycles. The molecule has 0 atom stereocenters. The quantitative estimate of drug-likeness (QED) is 0.204. The molecule has 0 amide bonds. The van der Waals surface area contributed by atoms with Gasteiger partial charge in [-0.05, 0) is 36.4 Å². The number of thiazole rings is 1. The molecule has 2 heterocycles. The fourth-order valence-corrected chi connectivity index (χ4v) is 3.55. The van der Waals surface area contributed by atoms with Crippen LogP contribution >= 0.6 is 11.3 Å². The van der Waals surface area contributed by atoms with Crippen molar-refractivity contribution in [1.29, 1.82) is 5.26 Å². The first-order chi connectivity index (χ1) is 14.9. The number of non-ortho nitro benzene ring substituents is 1. The number of rotatable bonds is 5. The molecule has 0 unspecified atom stereocenters. The van der Waals surface area contributed by atoms with E-state index in [2.05, 4.69) is 10.3 Å². The SMILES string of the molecule is N#C/C(=C\Nc1ccc(F)cc1)c1nc(-c2cc3cc([N+](=O)[O-])ccc3oc2=O)cs1. The van der Waals surface area contributed by atoms with Gasteiger partial charge in [0.25, 0.3) is 5.69 Å². The van der Waals surface area contributed by atoms with Crippen LogP contribution in [-0.2, 0) is 0 Å². The third-order valence-corrected chi connectivity index (χ3v) is 5.16. The summed E-state index contributed by atoms with van der Waals surface area (Å²) in [7, 11) is 0. The van der Waals surface area contributed by atoms with Crippen molar-refractivity contribution < 1.29 is 13.7 Å². The van der Waals surface area contributed by atoms with E-state index >= 15 is 0 Å². The molecule has 2 aromatic carbocycles. The first-order valence-electron chi connectivity index (χ1n) is 8.75. The summed E-state index contributed by atoms with van der Waals surface area (Å²) in [6.07, 6.45) is 1.43. The van der Waals surface area contributed by atoms with Crippen LogP contribution in [0.2, 0.25) is 0 Å². The Bertz CT molecular complexity index is 1430. The summed E-state index contributed by atoms with van der Waals surface area (Å²) in [5, 5.41) is 25.7. The maximum absolute atomic E-state index is 13.0. The zero-order chi connectivity index (χ0) is 22.0. The van der Waals surface area contributed by atoms with E-state index < -0.39 is 10.5 Å². The molecule has 0 bridgehead atoms. The van der Waals surface area contributed by atoms with Crippen LogP contribution in [0.4, 0.5) is 15.8 Å². The highest BCUT2D eigenvalue weighted by atomic mass is 32.1. The maximum atomic E-state index is 13.0. The van der Waals surface area contributed by atoms with Crippen molar-refractivity contribution in [3.8, 4) is 17.3 Å². The Labute approximate surface area is 177 Å². The van der Waals surface area contributed by atoms with E-state index in [1.54, 1.807) is 5.38 Å². The number of nitriles is 1. The summed E-state index contributed by atoms with van der Waals surface area (Å²) in [5.41, 5.74) is 0.641. The lowest BCUT2D eigenvalue weighted by Crippen LogP contribution is -2.03. The number of anilines is 1. The number of fused-ring (bicyclic) bond motifs is 1. The van der Waals surface area contributed by atoms with Crippen LogP contribution < -0.4 is 10.9 Å². The van der Waals surface area contributed by atoms with Gasteiger partial charge in [-0.3, -0.25) is 10.1 Å². The number of hydrogen-bond acceptors (Lipinski definition) is 8. The molecule has 10 heteroatoms. The van der Waals surface area contributed by atoms with Gasteiger partial charge in [0, 0.05) is 34.8 Å². The molecular formula is C21H11FN4O4S. The van der Waals surface area contributed by atoms with Gasteiger partial charge in [-0.2, -0.15) is 5.26 Å². The Morgan fingerprint density at radius 2 is 2.03 bits per heavy atom. The van der Waals surface area contributed by atoms with E-state index in [-0.39, 0.29) is 33.9 Å². The minimum Gasteiger partial charge on any atom is -0.422 e. The summed E-state index contributed by atoms with van der Waals surface area (Å²) in [6, 6.07) is 13.0. The average Bonchev–Trinajstić information content (AvgIpc) is 3.24. The van der Waals surface area contributed by atoms with Gasteiger partial charge < -0.3 is 9.73 Å². The second-order valence-electron chi connectivity index (χ2n) is 6.29. The summed E-state index contributed by atoms with van der Waals surface area (Å²) in [6.45, 7) is 0. The third-order valence-electron chi connectivity index (χ3n) is 4.28. The second-order valence-corrected chi connectivity index (χ2v) is 7.14. The molecule has 4 rings (SSSR count). The van der Waals surface area contributed by atoms with Gasteiger partial charge >= 0.3 is 5.63 Å². The lowest BCUT2D eigenvalue weighted by Gasteiger charge is -2.01. The maximum Gasteiger partial charge on any atom is 0.345 e. The van der Waals surface area contributed by atoms with Gasteiger partial charge in [-0.25, -0.2) is 14.2 Å². The Kier molecular flexibility index (Phi) is 5.26. The van der Waals surface area contributed by atoms with Crippen LogP contribution in [0.3, 0.4) is 0 Å². The minimum absolute atomic E-state index is 0.124. The summed E-state index contributed by atoms with van der Waals surface area (Å²) < 4.78 is 18.3. The Hall–Kier alpha value is -4.36. The molecule has 0 aliphatic heterocycles. The largest absolute Gasteiger partial charge is 0.422 e. The monoisotopic (exact) mass is 434 g/mol. The number of nitrogens with zero attached hydrogens (tertiary/aromatic N) is 3. The van der Waals surface area contributed by atoms with E-state index in [0.717, 1.165) is 11.3 Å². The fourth-order valence-electron chi connectivity index (χ4n) is 2.77. The topological polar surface area (TPSA) is 122 Å². The van der Waals surface area contributed by atoms with Crippen LogP contribution in [0.5, 0.6) is 0 Å². The van der Waals surface area contributed by atoms with Gasteiger partial charge in [-0.15, -0.1) is 11.3 Å². The van der Waals surface area contributed by atoms with Crippen molar-refractivity contribution in [2.75, 3.05) is 5.32 Å². The van der Waals surface area contributed by atoms with E-state index in [1.807, 2.05) is 6.07 Å². The smallest absolute Gasteiger partial charge is 0.345 e. The van der Waals surface area contributed by atoms with Gasteiger partial charge in [0.15, 0.2) is 0 Å². The van der Waals surface area contributed by atoms with Crippen molar-refractivity contribution in [1.82, 2.24) is 4.98 Å². The van der Waals surface area contributed by atoms with Crippen LogP contribution in [0.15, 0.2) is 69.3 Å². The molecule has 31 heavy (non-hydrogen) atoms. The van der Waals surface area contributed by atoms with Gasteiger partial charge in [0.1, 0.15) is 28.1 Å². The van der Waals surface area contributed by atoms with E-state index in [0.29, 0.717) is 16.1 Å². The van der Waals surface area contributed by atoms with Crippen LogP contribution in [-0.4, -0.2) is 9.91 Å². The number of benzene rings is 2. The highest BCUT2D eigenvalue weighted by Crippen LogP contribution is 2.28. The fraction of sp³-hybridized carbons (Fsp3) is 0. The molecule has 8 nitrogen and oxygen atoms in total. The molecule has 0 saturated carbocycles. The number of hydrogen-bond donors (Lipinski definition) is 1. The van der Waals surface area contributed by atoms with Crippen LogP contribution in [0.1, 0.15) is 5.01 Å². The number of aromatic nitrogens is 1. The van der Waals surface area contributed by atoms with Crippen LogP contribution in [0, 0.1) is 27.3 Å². The van der Waals surface area contributed by atoms with Crippen molar-refractivity contribution in [3.05, 3.63) is 91.5 Å². The van der Waals surface area contributed by atoms with Gasteiger partial charge in [-0.1, -0.05) is 0 Å². The first-order valence-corrected chi connectivity index (χ1v) is 9.63. The molecule has 0 aliphatic carbocycles. The van der Waals surface area contributed by atoms with Crippen molar-refractivity contribution in [2.45, 2.75) is 0 Å². The van der Waals surface area contributed by atoms with E-state index in [4.69, 9.17) is 4.42 Å². The number of nitrogens with one attached hydrogen (secondary N) is 1. The second kappa shape index (κ2) is 8.17. The zero-order valence-electron chi connectivity index (χ0n) is 15.5. The van der Waals surface area contributed by atoms with Gasteiger partial charge in [0.2, 0.25) is 0 Å². The van der Waals surface area contributed by atoms with Crippen molar-refractivity contribution in [2.24, 2.45) is 0 Å². The highest BCUT2D eigenvalue weighted by molar-refractivity contribution is 7.11. The predicted molar refractivity (Wildman–Crippen MR) is 114 cm³/mol. The highest BCUT2D eigenvalue weighted by Gasteiger charge is 2.15. The Morgan fingerprint density at radius 1 is 1.26 bits per heavy atom. The van der Waals surface area contributed by atoms with Crippen LogP contribution in [0.25, 0.3) is 27.8 Å². The molecule has 1 N–H and O–H groups in total. The summed E-state index contributed by atoms with van der Waals surface area (Å²) in [5.74, 6) is -0.376. The lowest BCUT2D eigenvalue weighted by atomic mass is 10.1. The Balaban J connectivity index is 1.67. The molecule has 0 fully saturated rings. The molecular weight excluding hydrogens is 423 g/mol. The van der Waals surface area contributed by atoms with Gasteiger partial charge in [0.05, 0.1) is 16.2 Å². The summed E-state index contributed by atoms with van der Waals surface area (Å²) in [4.78, 5) is 27.2. The third kappa shape index (κ3) is 4.17. The number of allylic oxidation sites excluding steroid dienone is 1. The lowest BCUT2D eigenvalue weighted by molar-refractivity contribution is -0.384. The number of halogens is 1. The normalized spacial score (nSPS) is 11.3. The number of nitro benzene ring substituents is 1. The summed E-state index contributed by atoms with van der Waals surface area (Å²) >= 11 is 1.15. The molecule has 0 radical (unpaired) electrons. The van der Waals surface area contributed by atoms with E-state index in [1.165, 1.54) is 54.7 Å². The molecule has 2 aromatic heterocycles. The standard InChI is InChI=1S/C21H11FN4O4S/c22-14-1-3-15(4-2-14)24-10-13(9-23)20-25-18(11-31-20)17-8-12-7-16(26(28)29)5-6-19(12)30-21(17)27/h1-8,10-11,24H/b13-10+. The first kappa shape index (κ1) is 19.9. The molecule has 0 spiro atoms. The predicted octanol–water partition coefficient (Wildman–Crippen LogP) is 4.94. The van der Waals surface area contributed by atoms with E-state index in [9.17, 15) is 24.6 Å². The molecule has 152 valence electrons. The van der Waals surface area contributed by atoms with Crippen molar-refractivity contribution >= 4 is 39.3 Å². The molecule has 0 aliphatic rings.